The summed E-state index contributed by atoms with van der Waals surface area (Å²) >= 11 is 0.941. The highest BCUT2D eigenvalue weighted by Gasteiger charge is 2.07. The molecule has 0 aliphatic rings. The molecule has 0 aliphatic heterocycles. The SMILES string of the molecule is CCCCCCCCNC(=O)/C=C\SC(=O)c1ccco1. The molecule has 1 rings (SSSR count). The van der Waals surface area contributed by atoms with Crippen LogP contribution in [0.15, 0.2) is 34.3 Å². The number of nitrogens with one attached hydrogen (secondary N) is 1. The molecule has 1 amide bonds. The van der Waals surface area contributed by atoms with Gasteiger partial charge in [0.05, 0.1) is 6.26 Å². The zero-order chi connectivity index (χ0) is 15.3. The van der Waals surface area contributed by atoms with Crippen LogP contribution in [0.1, 0.15) is 56.0 Å². The highest BCUT2D eigenvalue weighted by atomic mass is 32.2. The van der Waals surface area contributed by atoms with E-state index in [4.69, 9.17) is 4.42 Å². The summed E-state index contributed by atoms with van der Waals surface area (Å²) in [5.41, 5.74) is 0. The van der Waals surface area contributed by atoms with Crippen molar-refractivity contribution in [2.45, 2.75) is 45.4 Å². The van der Waals surface area contributed by atoms with Crippen LogP contribution in [0.4, 0.5) is 0 Å². The van der Waals surface area contributed by atoms with Crippen molar-refractivity contribution < 1.29 is 14.0 Å². The summed E-state index contributed by atoms with van der Waals surface area (Å²) in [5, 5.41) is 4.09. The maximum Gasteiger partial charge on any atom is 0.258 e. The molecule has 5 heteroatoms. The fourth-order valence-electron chi connectivity index (χ4n) is 1.79. The Kier molecular flexibility index (Phi) is 9.37. The molecule has 0 radical (unpaired) electrons. The summed E-state index contributed by atoms with van der Waals surface area (Å²) in [7, 11) is 0. The maximum absolute atomic E-state index is 11.6. The van der Waals surface area contributed by atoms with Gasteiger partial charge >= 0.3 is 0 Å². The topological polar surface area (TPSA) is 59.3 Å². The lowest BCUT2D eigenvalue weighted by Crippen LogP contribution is -2.21. The molecule has 1 N–H and O–H groups in total. The van der Waals surface area contributed by atoms with Crippen LogP contribution in [0.2, 0.25) is 0 Å². The monoisotopic (exact) mass is 309 g/mol. The third-order valence-electron chi connectivity index (χ3n) is 2.95. The highest BCUT2D eigenvalue weighted by Crippen LogP contribution is 2.13. The van der Waals surface area contributed by atoms with Gasteiger partial charge in [0.1, 0.15) is 0 Å². The average molecular weight is 309 g/mol. The van der Waals surface area contributed by atoms with Gasteiger partial charge in [-0.25, -0.2) is 0 Å². The van der Waals surface area contributed by atoms with Crippen LogP contribution in [-0.2, 0) is 4.79 Å². The van der Waals surface area contributed by atoms with Crippen molar-refractivity contribution in [1.82, 2.24) is 5.32 Å². The highest BCUT2D eigenvalue weighted by molar-refractivity contribution is 8.16. The van der Waals surface area contributed by atoms with Crippen molar-refractivity contribution in [1.29, 1.82) is 0 Å². The number of amides is 1. The van der Waals surface area contributed by atoms with Gasteiger partial charge in [0.15, 0.2) is 5.76 Å². The van der Waals surface area contributed by atoms with E-state index >= 15 is 0 Å². The Morgan fingerprint density at radius 2 is 2.00 bits per heavy atom. The Morgan fingerprint density at radius 1 is 1.24 bits per heavy atom. The molecule has 0 unspecified atom stereocenters. The predicted molar refractivity (Wildman–Crippen MR) is 86.2 cm³/mol. The summed E-state index contributed by atoms with van der Waals surface area (Å²) in [4.78, 5) is 23.1. The van der Waals surface area contributed by atoms with Crippen molar-refractivity contribution in [3.8, 4) is 0 Å². The molecule has 4 nitrogen and oxygen atoms in total. The summed E-state index contributed by atoms with van der Waals surface area (Å²) in [6, 6.07) is 3.26. The zero-order valence-corrected chi connectivity index (χ0v) is 13.3. The Morgan fingerprint density at radius 3 is 2.71 bits per heavy atom. The number of hydrogen-bond acceptors (Lipinski definition) is 4. The van der Waals surface area contributed by atoms with Gasteiger partial charge < -0.3 is 9.73 Å². The number of furan rings is 1. The minimum absolute atomic E-state index is 0.164. The minimum Gasteiger partial charge on any atom is -0.460 e. The first-order chi connectivity index (χ1) is 10.2. The van der Waals surface area contributed by atoms with Crippen LogP contribution < -0.4 is 5.32 Å². The Labute approximate surface area is 130 Å². The van der Waals surface area contributed by atoms with Crippen LogP contribution in [0.25, 0.3) is 0 Å². The lowest BCUT2D eigenvalue weighted by Gasteiger charge is -2.02. The number of carbonyl (C=O) groups is 2. The van der Waals surface area contributed by atoms with Gasteiger partial charge in [-0.2, -0.15) is 0 Å². The number of carbonyl (C=O) groups excluding carboxylic acids is 2. The molecule has 0 saturated heterocycles. The van der Waals surface area contributed by atoms with Crippen molar-refractivity contribution in [3.63, 3.8) is 0 Å². The molecule has 1 aromatic heterocycles. The van der Waals surface area contributed by atoms with E-state index in [2.05, 4.69) is 12.2 Å². The third kappa shape index (κ3) is 8.40. The van der Waals surface area contributed by atoms with Crippen molar-refractivity contribution in [2.75, 3.05) is 6.54 Å². The summed E-state index contributed by atoms with van der Waals surface area (Å²) in [6.07, 6.45) is 10.0. The maximum atomic E-state index is 11.6. The molecule has 0 aliphatic carbocycles. The van der Waals surface area contributed by atoms with Gasteiger partial charge in [0.25, 0.3) is 5.12 Å². The van der Waals surface area contributed by atoms with Gasteiger partial charge in [-0.05, 0) is 24.0 Å². The Hall–Kier alpha value is -1.49. The van der Waals surface area contributed by atoms with Crippen LogP contribution in [-0.4, -0.2) is 17.6 Å². The van der Waals surface area contributed by atoms with Gasteiger partial charge in [-0.15, -0.1) is 0 Å². The van der Waals surface area contributed by atoms with E-state index in [0.29, 0.717) is 6.54 Å². The first-order valence-corrected chi connectivity index (χ1v) is 8.31. The van der Waals surface area contributed by atoms with E-state index in [9.17, 15) is 9.59 Å². The van der Waals surface area contributed by atoms with Gasteiger partial charge in [0, 0.05) is 12.6 Å². The second kappa shape index (κ2) is 11.2. The molecular formula is C16H23NO3S. The van der Waals surface area contributed by atoms with Gasteiger partial charge in [-0.3, -0.25) is 9.59 Å². The second-order valence-corrected chi connectivity index (χ2v) is 5.62. The molecule has 0 saturated carbocycles. The molecule has 0 atom stereocenters. The van der Waals surface area contributed by atoms with Crippen molar-refractivity contribution in [2.24, 2.45) is 0 Å². The van der Waals surface area contributed by atoms with Gasteiger partial charge in [-0.1, -0.05) is 50.8 Å². The first kappa shape index (κ1) is 17.6. The van der Waals surface area contributed by atoms with Crippen molar-refractivity contribution in [3.05, 3.63) is 35.6 Å². The second-order valence-electron chi connectivity index (χ2n) is 4.74. The normalized spacial score (nSPS) is 10.9. The average Bonchev–Trinajstić information content (AvgIpc) is 3.00. The van der Waals surface area contributed by atoms with E-state index in [1.807, 2.05) is 0 Å². The first-order valence-electron chi connectivity index (χ1n) is 7.43. The summed E-state index contributed by atoms with van der Waals surface area (Å²) in [6.45, 7) is 2.88. The predicted octanol–water partition coefficient (Wildman–Crippen LogP) is 4.14. The molecule has 1 heterocycles. The van der Waals surface area contributed by atoms with Crippen LogP contribution in [0.3, 0.4) is 0 Å². The molecule has 0 spiro atoms. The largest absolute Gasteiger partial charge is 0.460 e. The van der Waals surface area contributed by atoms with Crippen LogP contribution in [0.5, 0.6) is 0 Å². The van der Waals surface area contributed by atoms with Crippen LogP contribution in [0, 0.1) is 0 Å². The van der Waals surface area contributed by atoms with E-state index in [0.717, 1.165) is 24.6 Å². The fourth-order valence-corrected chi connectivity index (χ4v) is 2.33. The number of hydrogen-bond donors (Lipinski definition) is 1. The Balaban J connectivity index is 2.05. The zero-order valence-electron chi connectivity index (χ0n) is 12.5. The number of rotatable bonds is 10. The van der Waals surface area contributed by atoms with E-state index in [1.54, 1.807) is 12.1 Å². The fraction of sp³-hybridized carbons (Fsp3) is 0.500. The van der Waals surface area contributed by atoms with Crippen LogP contribution >= 0.6 is 11.8 Å². The molecule has 0 fully saturated rings. The molecule has 0 bridgehead atoms. The van der Waals surface area contributed by atoms with E-state index in [-0.39, 0.29) is 16.8 Å². The van der Waals surface area contributed by atoms with Gasteiger partial charge in [0.2, 0.25) is 5.91 Å². The van der Waals surface area contributed by atoms with E-state index in [1.165, 1.54) is 43.4 Å². The standard InChI is InChI=1S/C16H23NO3S/c1-2-3-4-5-6-7-11-17-15(18)10-13-21-16(19)14-9-8-12-20-14/h8-10,12-13H,2-7,11H2,1H3,(H,17,18)/b13-10-. The molecule has 21 heavy (non-hydrogen) atoms. The van der Waals surface area contributed by atoms with E-state index < -0.39 is 0 Å². The lowest BCUT2D eigenvalue weighted by atomic mass is 10.1. The lowest BCUT2D eigenvalue weighted by molar-refractivity contribution is -0.116. The summed E-state index contributed by atoms with van der Waals surface area (Å²) in [5.74, 6) is 0.125. The minimum atomic E-state index is -0.208. The molecule has 116 valence electrons. The summed E-state index contributed by atoms with van der Waals surface area (Å²) < 4.78 is 4.97. The molecule has 0 aromatic carbocycles. The number of thioether (sulfide) groups is 1. The smallest absolute Gasteiger partial charge is 0.258 e. The number of unbranched alkanes of at least 4 members (excludes halogenated alkanes) is 5. The quantitative estimate of drug-likeness (QED) is 0.521. The van der Waals surface area contributed by atoms with Crippen molar-refractivity contribution >= 4 is 22.8 Å². The Bertz CT molecular complexity index is 440. The molecule has 1 aromatic rings. The third-order valence-corrected chi connectivity index (χ3v) is 3.63. The molecular weight excluding hydrogens is 286 g/mol.